The summed E-state index contributed by atoms with van der Waals surface area (Å²) in [5.74, 6) is -0.723. The maximum absolute atomic E-state index is 11.3. The van der Waals surface area contributed by atoms with Crippen molar-refractivity contribution in [1.82, 2.24) is 5.32 Å². The van der Waals surface area contributed by atoms with E-state index in [1.165, 1.54) is 7.11 Å². The molecule has 1 amide bonds. The quantitative estimate of drug-likeness (QED) is 0.828. The van der Waals surface area contributed by atoms with Gasteiger partial charge in [-0.2, -0.15) is 0 Å². The van der Waals surface area contributed by atoms with E-state index in [4.69, 9.17) is 21.4 Å². The molecule has 0 bridgehead atoms. The van der Waals surface area contributed by atoms with Crippen LogP contribution in [0.3, 0.4) is 0 Å². The molecule has 0 aromatic heterocycles. The molecule has 2 N–H and O–H groups in total. The van der Waals surface area contributed by atoms with Crippen LogP contribution < -0.4 is 10.1 Å². The first-order valence-electron chi connectivity index (χ1n) is 5.34. The molecule has 0 saturated heterocycles. The number of carboxylic acids is 1. The van der Waals surface area contributed by atoms with Gasteiger partial charge in [-0.1, -0.05) is 17.7 Å². The van der Waals surface area contributed by atoms with E-state index in [2.05, 4.69) is 5.32 Å². The highest BCUT2D eigenvalue weighted by Gasteiger charge is 2.06. The number of hydrogen-bond acceptors (Lipinski definition) is 3. The summed E-state index contributed by atoms with van der Waals surface area (Å²) < 4.78 is 5.01. The van der Waals surface area contributed by atoms with E-state index in [0.29, 0.717) is 17.3 Å². The second kappa shape index (κ2) is 6.86. The van der Waals surface area contributed by atoms with Crippen molar-refractivity contribution < 1.29 is 19.4 Å². The Morgan fingerprint density at radius 2 is 2.11 bits per heavy atom. The molecular weight excluding hydrogens is 258 g/mol. The first kappa shape index (κ1) is 14.3. The van der Waals surface area contributed by atoms with E-state index < -0.39 is 5.97 Å². The Balaban J connectivity index is 2.46. The summed E-state index contributed by atoms with van der Waals surface area (Å²) in [5, 5.41) is 11.5. The standard InChI is InChI=1S/C12H14ClNO4/c1-18-10-3-2-8(6-9(10)13)7-14-11(15)4-5-12(16)17/h2-3,6H,4-5,7H2,1H3,(H,14,15)(H,16,17). The lowest BCUT2D eigenvalue weighted by atomic mass is 10.2. The predicted octanol–water partition coefficient (Wildman–Crippen LogP) is 1.83. The van der Waals surface area contributed by atoms with E-state index in [9.17, 15) is 9.59 Å². The van der Waals surface area contributed by atoms with Gasteiger partial charge in [0.2, 0.25) is 5.91 Å². The molecule has 98 valence electrons. The maximum atomic E-state index is 11.3. The Morgan fingerprint density at radius 3 is 2.67 bits per heavy atom. The normalized spacial score (nSPS) is 9.89. The molecule has 0 fully saturated rings. The first-order chi connectivity index (χ1) is 8.52. The van der Waals surface area contributed by atoms with Crippen LogP contribution in [0.2, 0.25) is 5.02 Å². The highest BCUT2D eigenvalue weighted by Crippen LogP contribution is 2.24. The second-order valence-corrected chi connectivity index (χ2v) is 4.05. The molecule has 6 heteroatoms. The minimum absolute atomic E-state index is 0.0286. The van der Waals surface area contributed by atoms with Gasteiger partial charge in [0.1, 0.15) is 5.75 Å². The monoisotopic (exact) mass is 271 g/mol. The fraction of sp³-hybridized carbons (Fsp3) is 0.333. The summed E-state index contributed by atoms with van der Waals surface area (Å²) in [4.78, 5) is 21.6. The van der Waals surface area contributed by atoms with Gasteiger partial charge in [-0.15, -0.1) is 0 Å². The smallest absolute Gasteiger partial charge is 0.303 e. The molecule has 0 saturated carbocycles. The zero-order chi connectivity index (χ0) is 13.5. The van der Waals surface area contributed by atoms with Crippen molar-refractivity contribution in [2.45, 2.75) is 19.4 Å². The average molecular weight is 272 g/mol. The number of nitrogens with one attached hydrogen (secondary N) is 1. The number of aliphatic carboxylic acids is 1. The van der Waals surface area contributed by atoms with Crippen LogP contribution in [-0.2, 0) is 16.1 Å². The summed E-state index contributed by atoms with van der Waals surface area (Å²) in [6.45, 7) is 0.308. The van der Waals surface area contributed by atoms with Crippen molar-refractivity contribution in [3.05, 3.63) is 28.8 Å². The predicted molar refractivity (Wildman–Crippen MR) is 66.7 cm³/mol. The van der Waals surface area contributed by atoms with Crippen LogP contribution >= 0.6 is 11.6 Å². The number of rotatable bonds is 6. The lowest BCUT2D eigenvalue weighted by Crippen LogP contribution is -2.23. The lowest BCUT2D eigenvalue weighted by molar-refractivity contribution is -0.138. The largest absolute Gasteiger partial charge is 0.495 e. The highest BCUT2D eigenvalue weighted by molar-refractivity contribution is 6.32. The van der Waals surface area contributed by atoms with Crippen LogP contribution in [0.1, 0.15) is 18.4 Å². The van der Waals surface area contributed by atoms with Gasteiger partial charge in [0.25, 0.3) is 0 Å². The van der Waals surface area contributed by atoms with Gasteiger partial charge in [-0.05, 0) is 17.7 Å². The first-order valence-corrected chi connectivity index (χ1v) is 5.71. The molecule has 1 rings (SSSR count). The summed E-state index contributed by atoms with van der Waals surface area (Å²) in [7, 11) is 1.52. The number of carboxylic acid groups (broad SMARTS) is 1. The van der Waals surface area contributed by atoms with Crippen LogP contribution in [0.5, 0.6) is 5.75 Å². The minimum atomic E-state index is -0.988. The molecule has 0 aliphatic rings. The van der Waals surface area contributed by atoms with Crippen molar-refractivity contribution in [2.75, 3.05) is 7.11 Å². The van der Waals surface area contributed by atoms with Crippen molar-refractivity contribution in [1.29, 1.82) is 0 Å². The molecule has 18 heavy (non-hydrogen) atoms. The number of benzene rings is 1. The molecule has 1 aromatic rings. The SMILES string of the molecule is COc1ccc(CNC(=O)CCC(=O)O)cc1Cl. The molecule has 0 unspecified atom stereocenters. The fourth-order valence-corrected chi connectivity index (χ4v) is 1.61. The van der Waals surface area contributed by atoms with E-state index in [1.807, 2.05) is 0 Å². The Bertz CT molecular complexity index is 448. The van der Waals surface area contributed by atoms with E-state index in [0.717, 1.165) is 5.56 Å². The molecule has 0 atom stereocenters. The fourth-order valence-electron chi connectivity index (χ4n) is 1.33. The molecule has 0 aliphatic heterocycles. The summed E-state index contributed by atoms with van der Waals surface area (Å²) in [6.07, 6.45) is -0.200. The van der Waals surface area contributed by atoms with Crippen molar-refractivity contribution in [3.8, 4) is 5.75 Å². The third-order valence-electron chi connectivity index (χ3n) is 2.27. The van der Waals surface area contributed by atoms with Crippen molar-refractivity contribution in [2.24, 2.45) is 0 Å². The summed E-state index contributed by atoms with van der Waals surface area (Å²) >= 11 is 5.93. The zero-order valence-corrected chi connectivity index (χ0v) is 10.7. The van der Waals surface area contributed by atoms with Gasteiger partial charge in [-0.3, -0.25) is 9.59 Å². The number of amides is 1. The number of halogens is 1. The molecule has 1 aromatic carbocycles. The van der Waals surface area contributed by atoms with Crippen LogP contribution in [0.4, 0.5) is 0 Å². The highest BCUT2D eigenvalue weighted by atomic mass is 35.5. The number of ether oxygens (including phenoxy) is 1. The Kier molecular flexibility index (Phi) is 5.45. The van der Waals surface area contributed by atoms with Crippen molar-refractivity contribution in [3.63, 3.8) is 0 Å². The van der Waals surface area contributed by atoms with Gasteiger partial charge >= 0.3 is 5.97 Å². The van der Waals surface area contributed by atoms with E-state index in [1.54, 1.807) is 18.2 Å². The number of hydrogen-bond donors (Lipinski definition) is 2. The van der Waals surface area contributed by atoms with Crippen LogP contribution in [-0.4, -0.2) is 24.1 Å². The van der Waals surface area contributed by atoms with Gasteiger partial charge in [0.15, 0.2) is 0 Å². The summed E-state index contributed by atoms with van der Waals surface area (Å²) in [5.41, 5.74) is 0.824. The molecule has 0 radical (unpaired) electrons. The van der Waals surface area contributed by atoms with Crippen LogP contribution in [0.25, 0.3) is 0 Å². The van der Waals surface area contributed by atoms with Crippen LogP contribution in [0.15, 0.2) is 18.2 Å². The van der Waals surface area contributed by atoms with Crippen LogP contribution in [0, 0.1) is 0 Å². The Hall–Kier alpha value is -1.75. The molecule has 0 aliphatic carbocycles. The van der Waals surface area contributed by atoms with Gasteiger partial charge in [0.05, 0.1) is 18.6 Å². The number of carbonyl (C=O) groups is 2. The van der Waals surface area contributed by atoms with Gasteiger partial charge in [-0.25, -0.2) is 0 Å². The van der Waals surface area contributed by atoms with Crippen molar-refractivity contribution >= 4 is 23.5 Å². The maximum Gasteiger partial charge on any atom is 0.303 e. The third kappa shape index (κ3) is 4.63. The molecule has 0 spiro atoms. The lowest BCUT2D eigenvalue weighted by Gasteiger charge is -2.07. The van der Waals surface area contributed by atoms with Gasteiger partial charge in [0, 0.05) is 13.0 Å². The zero-order valence-electron chi connectivity index (χ0n) is 9.90. The average Bonchev–Trinajstić information content (AvgIpc) is 2.34. The topological polar surface area (TPSA) is 75.6 Å². The minimum Gasteiger partial charge on any atom is -0.495 e. The van der Waals surface area contributed by atoms with Gasteiger partial charge < -0.3 is 15.2 Å². The molecule has 5 nitrogen and oxygen atoms in total. The summed E-state index contributed by atoms with van der Waals surface area (Å²) in [6, 6.07) is 5.18. The third-order valence-corrected chi connectivity index (χ3v) is 2.57. The number of carbonyl (C=O) groups excluding carboxylic acids is 1. The molecule has 0 heterocycles. The van der Waals surface area contributed by atoms with E-state index >= 15 is 0 Å². The molecular formula is C12H14ClNO4. The number of methoxy groups -OCH3 is 1. The Labute approximate surface area is 110 Å². The second-order valence-electron chi connectivity index (χ2n) is 3.64. The van der Waals surface area contributed by atoms with E-state index in [-0.39, 0.29) is 18.7 Å². The Morgan fingerprint density at radius 1 is 1.39 bits per heavy atom.